The van der Waals surface area contributed by atoms with Gasteiger partial charge in [0.15, 0.2) is 0 Å². The van der Waals surface area contributed by atoms with Crippen LogP contribution in [0.4, 0.5) is 0 Å². The Bertz CT molecular complexity index is 361. The maximum Gasteiger partial charge on any atom is 0.356 e. The van der Waals surface area contributed by atoms with Crippen molar-refractivity contribution in [2.45, 2.75) is 25.7 Å². The summed E-state index contributed by atoms with van der Waals surface area (Å²) in [5, 5.41) is 0. The highest BCUT2D eigenvalue weighted by Gasteiger charge is 2.10. The summed E-state index contributed by atoms with van der Waals surface area (Å²) in [4.78, 5) is 18.0. The molecule has 1 aromatic rings. The first-order valence-corrected chi connectivity index (χ1v) is 6.67. The highest BCUT2D eigenvalue weighted by atomic mass is 16.5. The number of aromatic nitrogens is 1. The van der Waals surface area contributed by atoms with Crippen LogP contribution in [0.3, 0.4) is 0 Å². The summed E-state index contributed by atoms with van der Waals surface area (Å²) in [6.45, 7) is 3.88. The number of esters is 1. The van der Waals surface area contributed by atoms with E-state index < -0.39 is 0 Å². The fourth-order valence-corrected chi connectivity index (χ4v) is 2.19. The molecule has 0 amide bonds. The van der Waals surface area contributed by atoms with Crippen LogP contribution in [0.2, 0.25) is 0 Å². The number of hydrogen-bond acceptors (Lipinski definition) is 4. The molecule has 1 saturated heterocycles. The molecule has 0 radical (unpaired) electrons. The summed E-state index contributed by atoms with van der Waals surface area (Å²) in [5.74, 6) is -0.325. The predicted octanol–water partition coefficient (Wildman–Crippen LogP) is 2.11. The Hall–Kier alpha value is -1.42. The Kier molecular flexibility index (Phi) is 5.15. The number of rotatable bonds is 5. The van der Waals surface area contributed by atoms with Crippen LogP contribution in [0.15, 0.2) is 24.4 Å². The van der Waals surface area contributed by atoms with Crippen LogP contribution in [0.5, 0.6) is 0 Å². The standard InChI is InChI=1S/C14H20N2O2/c17-14(13-7-2-3-8-15-13)18-12-6-11-16-9-4-1-5-10-16/h2-3,7-8H,1,4-6,9-12H2. The van der Waals surface area contributed by atoms with Crippen LogP contribution in [-0.4, -0.2) is 42.1 Å². The van der Waals surface area contributed by atoms with E-state index in [2.05, 4.69) is 9.88 Å². The molecule has 2 rings (SSSR count). The minimum atomic E-state index is -0.325. The number of nitrogens with zero attached hydrogens (tertiary/aromatic N) is 2. The van der Waals surface area contributed by atoms with Crippen molar-refractivity contribution in [3.63, 3.8) is 0 Å². The van der Waals surface area contributed by atoms with Gasteiger partial charge in [0, 0.05) is 12.7 Å². The number of likely N-dealkylation sites (tertiary alicyclic amines) is 1. The molecule has 1 aliphatic rings. The molecule has 4 nitrogen and oxygen atoms in total. The minimum Gasteiger partial charge on any atom is -0.461 e. The second kappa shape index (κ2) is 7.11. The zero-order valence-electron chi connectivity index (χ0n) is 10.7. The second-order valence-electron chi connectivity index (χ2n) is 4.61. The van der Waals surface area contributed by atoms with Crippen LogP contribution < -0.4 is 0 Å². The van der Waals surface area contributed by atoms with Gasteiger partial charge in [-0.2, -0.15) is 0 Å². The van der Waals surface area contributed by atoms with Crippen molar-refractivity contribution in [1.82, 2.24) is 9.88 Å². The van der Waals surface area contributed by atoms with Crippen LogP contribution in [-0.2, 0) is 4.74 Å². The first-order chi connectivity index (χ1) is 8.86. The van der Waals surface area contributed by atoms with Crippen LogP contribution in [0, 0.1) is 0 Å². The summed E-state index contributed by atoms with van der Waals surface area (Å²) in [5.41, 5.74) is 0.385. The monoisotopic (exact) mass is 248 g/mol. The van der Waals surface area contributed by atoms with E-state index in [9.17, 15) is 4.79 Å². The molecule has 0 N–H and O–H groups in total. The van der Waals surface area contributed by atoms with E-state index in [1.807, 2.05) is 0 Å². The molecule has 0 spiro atoms. The smallest absolute Gasteiger partial charge is 0.356 e. The third-order valence-electron chi connectivity index (χ3n) is 3.17. The van der Waals surface area contributed by atoms with E-state index in [-0.39, 0.29) is 5.97 Å². The molecule has 1 aromatic heterocycles. The maximum absolute atomic E-state index is 11.6. The average molecular weight is 248 g/mol. The lowest BCUT2D eigenvalue weighted by molar-refractivity contribution is 0.0478. The summed E-state index contributed by atoms with van der Waals surface area (Å²) < 4.78 is 5.19. The average Bonchev–Trinajstić information content (AvgIpc) is 2.45. The van der Waals surface area contributed by atoms with Gasteiger partial charge in [0.2, 0.25) is 0 Å². The van der Waals surface area contributed by atoms with Crippen LogP contribution >= 0.6 is 0 Å². The number of pyridine rings is 1. The Morgan fingerprint density at radius 1 is 1.28 bits per heavy atom. The van der Waals surface area contributed by atoms with Gasteiger partial charge in [-0.15, -0.1) is 0 Å². The molecule has 18 heavy (non-hydrogen) atoms. The number of carbonyl (C=O) groups excluding carboxylic acids is 1. The normalized spacial score (nSPS) is 16.4. The molecule has 0 atom stereocenters. The van der Waals surface area contributed by atoms with E-state index in [0.717, 1.165) is 13.0 Å². The van der Waals surface area contributed by atoms with Gasteiger partial charge in [0.25, 0.3) is 0 Å². The lowest BCUT2D eigenvalue weighted by Gasteiger charge is -2.26. The van der Waals surface area contributed by atoms with Crippen molar-refractivity contribution >= 4 is 5.97 Å². The van der Waals surface area contributed by atoms with Gasteiger partial charge < -0.3 is 9.64 Å². The first kappa shape index (κ1) is 13.0. The molecule has 0 saturated carbocycles. The molecule has 98 valence electrons. The quantitative estimate of drug-likeness (QED) is 0.591. The van der Waals surface area contributed by atoms with Crippen molar-refractivity contribution in [3.8, 4) is 0 Å². The van der Waals surface area contributed by atoms with Crippen molar-refractivity contribution in [1.29, 1.82) is 0 Å². The predicted molar refractivity (Wildman–Crippen MR) is 69.4 cm³/mol. The third-order valence-corrected chi connectivity index (χ3v) is 3.17. The van der Waals surface area contributed by atoms with Crippen LogP contribution in [0.25, 0.3) is 0 Å². The number of carbonyl (C=O) groups is 1. The van der Waals surface area contributed by atoms with E-state index in [1.54, 1.807) is 24.4 Å². The van der Waals surface area contributed by atoms with Crippen molar-refractivity contribution < 1.29 is 9.53 Å². The van der Waals surface area contributed by atoms with Gasteiger partial charge >= 0.3 is 5.97 Å². The molecule has 1 aliphatic heterocycles. The van der Waals surface area contributed by atoms with Crippen molar-refractivity contribution in [2.75, 3.05) is 26.2 Å². The minimum absolute atomic E-state index is 0.325. The summed E-state index contributed by atoms with van der Waals surface area (Å²) in [6, 6.07) is 5.25. The summed E-state index contributed by atoms with van der Waals surface area (Å²) >= 11 is 0. The Labute approximate surface area is 108 Å². The van der Waals surface area contributed by atoms with E-state index in [4.69, 9.17) is 4.74 Å². The maximum atomic E-state index is 11.6. The second-order valence-corrected chi connectivity index (χ2v) is 4.61. The topological polar surface area (TPSA) is 42.4 Å². The Morgan fingerprint density at radius 2 is 2.11 bits per heavy atom. The van der Waals surface area contributed by atoms with E-state index >= 15 is 0 Å². The van der Waals surface area contributed by atoms with Crippen molar-refractivity contribution in [2.24, 2.45) is 0 Å². The zero-order chi connectivity index (χ0) is 12.6. The van der Waals surface area contributed by atoms with Crippen LogP contribution in [0.1, 0.15) is 36.2 Å². The first-order valence-electron chi connectivity index (χ1n) is 6.67. The van der Waals surface area contributed by atoms with Gasteiger partial charge in [-0.1, -0.05) is 12.5 Å². The number of ether oxygens (including phenoxy) is 1. The molecular weight excluding hydrogens is 228 g/mol. The van der Waals surface area contributed by atoms with Gasteiger partial charge in [-0.05, 0) is 44.5 Å². The third kappa shape index (κ3) is 4.11. The molecule has 0 bridgehead atoms. The molecule has 1 fully saturated rings. The van der Waals surface area contributed by atoms with Crippen molar-refractivity contribution in [3.05, 3.63) is 30.1 Å². The molecule has 4 heteroatoms. The summed E-state index contributed by atoms with van der Waals surface area (Å²) in [6.07, 6.45) is 6.45. The van der Waals surface area contributed by atoms with E-state index in [0.29, 0.717) is 12.3 Å². The highest BCUT2D eigenvalue weighted by molar-refractivity contribution is 5.87. The van der Waals surface area contributed by atoms with Gasteiger partial charge in [0.05, 0.1) is 6.61 Å². The van der Waals surface area contributed by atoms with Gasteiger partial charge in [0.1, 0.15) is 5.69 Å². The molecule has 0 unspecified atom stereocenters. The molecule has 2 heterocycles. The molecule has 0 aliphatic carbocycles. The lowest BCUT2D eigenvalue weighted by atomic mass is 10.1. The van der Waals surface area contributed by atoms with Gasteiger partial charge in [-0.25, -0.2) is 9.78 Å². The fourth-order valence-electron chi connectivity index (χ4n) is 2.19. The van der Waals surface area contributed by atoms with E-state index in [1.165, 1.54) is 32.4 Å². The van der Waals surface area contributed by atoms with Gasteiger partial charge in [-0.3, -0.25) is 0 Å². The SMILES string of the molecule is O=C(OCCCN1CCCCC1)c1ccccn1. The molecule has 0 aromatic carbocycles. The fraction of sp³-hybridized carbons (Fsp3) is 0.571. The largest absolute Gasteiger partial charge is 0.461 e. The molecular formula is C14H20N2O2. The Morgan fingerprint density at radius 3 is 2.83 bits per heavy atom. The Balaban J connectivity index is 1.62. The number of hydrogen-bond donors (Lipinski definition) is 0. The highest BCUT2D eigenvalue weighted by Crippen LogP contribution is 2.08. The zero-order valence-corrected chi connectivity index (χ0v) is 10.7. The summed E-state index contributed by atoms with van der Waals surface area (Å²) in [7, 11) is 0. The number of piperidine rings is 1. The lowest BCUT2D eigenvalue weighted by Crippen LogP contribution is -2.31.